The maximum Gasteiger partial charge on any atom is 0.0713 e. The molecular formula is C15H17NO. The van der Waals surface area contributed by atoms with Crippen molar-refractivity contribution in [2.45, 2.75) is 13.2 Å². The summed E-state index contributed by atoms with van der Waals surface area (Å²) >= 11 is 0. The largest absolute Gasteiger partial charge is 0.381 e. The smallest absolute Gasteiger partial charge is 0.0713 e. The summed E-state index contributed by atoms with van der Waals surface area (Å²) in [6, 6.07) is 18.6. The Balaban J connectivity index is 1.97. The predicted octanol–water partition coefficient (Wildman–Crippen LogP) is 3.45. The van der Waals surface area contributed by atoms with Gasteiger partial charge < -0.3 is 10.1 Å². The average Bonchev–Trinajstić information content (AvgIpc) is 2.39. The summed E-state index contributed by atoms with van der Waals surface area (Å²) in [7, 11) is 1.72. The maximum atomic E-state index is 5.13. The molecule has 0 amide bonds. The summed E-state index contributed by atoms with van der Waals surface area (Å²) in [5, 5.41) is 3.39. The minimum absolute atomic E-state index is 0.666. The lowest BCUT2D eigenvalue weighted by Gasteiger charge is -2.07. The van der Waals surface area contributed by atoms with Crippen LogP contribution in [0.2, 0.25) is 0 Å². The normalized spacial score (nSPS) is 10.2. The van der Waals surface area contributed by atoms with Crippen LogP contribution in [-0.4, -0.2) is 7.11 Å². The van der Waals surface area contributed by atoms with Crippen LogP contribution in [0.3, 0.4) is 0 Å². The fourth-order valence-electron chi connectivity index (χ4n) is 1.76. The van der Waals surface area contributed by atoms with E-state index in [1.165, 1.54) is 11.1 Å². The van der Waals surface area contributed by atoms with E-state index in [9.17, 15) is 0 Å². The molecule has 0 radical (unpaired) electrons. The highest BCUT2D eigenvalue weighted by atomic mass is 16.5. The molecule has 0 saturated carbocycles. The number of benzene rings is 2. The molecule has 0 aromatic heterocycles. The molecule has 0 spiro atoms. The Hall–Kier alpha value is -1.80. The number of rotatable bonds is 5. The second-order valence-electron chi connectivity index (χ2n) is 3.97. The number of methoxy groups -OCH3 is 1. The Morgan fingerprint density at radius 3 is 2.47 bits per heavy atom. The predicted molar refractivity (Wildman–Crippen MR) is 70.9 cm³/mol. The Bertz CT molecular complexity index is 453. The number of anilines is 1. The van der Waals surface area contributed by atoms with Crippen molar-refractivity contribution in [3.05, 3.63) is 65.7 Å². The van der Waals surface area contributed by atoms with E-state index in [0.29, 0.717) is 6.61 Å². The van der Waals surface area contributed by atoms with Crippen LogP contribution >= 0.6 is 0 Å². The molecule has 2 aromatic rings. The van der Waals surface area contributed by atoms with E-state index < -0.39 is 0 Å². The first-order valence-corrected chi connectivity index (χ1v) is 5.74. The van der Waals surface area contributed by atoms with E-state index in [0.717, 1.165) is 12.2 Å². The lowest BCUT2D eigenvalue weighted by Crippen LogP contribution is -2.00. The van der Waals surface area contributed by atoms with Gasteiger partial charge in [0.1, 0.15) is 0 Å². The fraction of sp³-hybridized carbons (Fsp3) is 0.200. The minimum Gasteiger partial charge on any atom is -0.381 e. The van der Waals surface area contributed by atoms with Crippen molar-refractivity contribution in [2.24, 2.45) is 0 Å². The van der Waals surface area contributed by atoms with Gasteiger partial charge in [-0.15, -0.1) is 0 Å². The molecule has 0 heterocycles. The molecule has 0 aliphatic heterocycles. The van der Waals surface area contributed by atoms with Crippen LogP contribution in [0.1, 0.15) is 11.1 Å². The zero-order valence-corrected chi connectivity index (χ0v) is 10.0. The van der Waals surface area contributed by atoms with Crippen molar-refractivity contribution in [2.75, 3.05) is 12.4 Å². The first kappa shape index (κ1) is 11.7. The van der Waals surface area contributed by atoms with Crippen LogP contribution in [0.15, 0.2) is 54.6 Å². The molecule has 88 valence electrons. The van der Waals surface area contributed by atoms with Crippen molar-refractivity contribution >= 4 is 5.69 Å². The molecule has 0 bridgehead atoms. The topological polar surface area (TPSA) is 21.3 Å². The summed E-state index contributed by atoms with van der Waals surface area (Å²) < 4.78 is 5.13. The Labute approximate surface area is 102 Å². The first-order chi connectivity index (χ1) is 8.38. The van der Waals surface area contributed by atoms with E-state index in [2.05, 4.69) is 41.7 Å². The standard InChI is InChI=1S/C15H17NO/c1-17-12-14-7-5-6-13(10-14)11-16-15-8-3-2-4-9-15/h2-10,16H,11-12H2,1H3. The molecule has 0 aliphatic carbocycles. The third-order valence-electron chi connectivity index (χ3n) is 2.57. The molecule has 1 N–H and O–H groups in total. The van der Waals surface area contributed by atoms with Gasteiger partial charge in [-0.05, 0) is 23.3 Å². The van der Waals surface area contributed by atoms with Crippen molar-refractivity contribution < 1.29 is 4.74 Å². The molecule has 0 saturated heterocycles. The van der Waals surface area contributed by atoms with Crippen molar-refractivity contribution in [3.63, 3.8) is 0 Å². The van der Waals surface area contributed by atoms with Gasteiger partial charge in [-0.3, -0.25) is 0 Å². The van der Waals surface area contributed by atoms with E-state index in [1.54, 1.807) is 7.11 Å². The molecule has 2 nitrogen and oxygen atoms in total. The molecule has 2 aromatic carbocycles. The van der Waals surface area contributed by atoms with Gasteiger partial charge in [-0.25, -0.2) is 0 Å². The Kier molecular flexibility index (Phi) is 4.17. The van der Waals surface area contributed by atoms with E-state index in [-0.39, 0.29) is 0 Å². The van der Waals surface area contributed by atoms with Gasteiger partial charge in [0, 0.05) is 19.3 Å². The number of hydrogen-bond donors (Lipinski definition) is 1. The van der Waals surface area contributed by atoms with Gasteiger partial charge in [0.15, 0.2) is 0 Å². The second-order valence-corrected chi connectivity index (χ2v) is 3.97. The number of hydrogen-bond acceptors (Lipinski definition) is 2. The quantitative estimate of drug-likeness (QED) is 0.844. The summed E-state index contributed by atoms with van der Waals surface area (Å²) in [5.41, 5.74) is 3.62. The molecule has 0 fully saturated rings. The van der Waals surface area contributed by atoms with Crippen molar-refractivity contribution in [1.29, 1.82) is 0 Å². The van der Waals surface area contributed by atoms with Crippen LogP contribution in [0, 0.1) is 0 Å². The SMILES string of the molecule is COCc1cccc(CNc2ccccc2)c1. The summed E-state index contributed by atoms with van der Waals surface area (Å²) in [5.74, 6) is 0. The third-order valence-corrected chi connectivity index (χ3v) is 2.57. The van der Waals surface area contributed by atoms with E-state index >= 15 is 0 Å². The third kappa shape index (κ3) is 3.61. The Morgan fingerprint density at radius 2 is 1.71 bits per heavy atom. The highest BCUT2D eigenvalue weighted by Crippen LogP contribution is 2.10. The van der Waals surface area contributed by atoms with Crippen molar-refractivity contribution in [3.8, 4) is 0 Å². The van der Waals surface area contributed by atoms with Gasteiger partial charge in [-0.1, -0.05) is 42.5 Å². The molecule has 17 heavy (non-hydrogen) atoms. The van der Waals surface area contributed by atoms with Gasteiger partial charge >= 0.3 is 0 Å². The molecule has 0 atom stereocenters. The number of para-hydroxylation sites is 1. The fourth-order valence-corrected chi connectivity index (χ4v) is 1.76. The number of ether oxygens (including phenoxy) is 1. The first-order valence-electron chi connectivity index (χ1n) is 5.74. The highest BCUT2D eigenvalue weighted by molar-refractivity contribution is 5.43. The van der Waals surface area contributed by atoms with Crippen LogP contribution in [0.5, 0.6) is 0 Å². The molecule has 2 rings (SSSR count). The molecular weight excluding hydrogens is 210 g/mol. The average molecular weight is 227 g/mol. The molecule has 2 heteroatoms. The van der Waals surface area contributed by atoms with Gasteiger partial charge in [0.25, 0.3) is 0 Å². The summed E-state index contributed by atoms with van der Waals surface area (Å²) in [6.45, 7) is 1.50. The number of nitrogens with one attached hydrogen (secondary N) is 1. The van der Waals surface area contributed by atoms with Crippen LogP contribution in [0.25, 0.3) is 0 Å². The summed E-state index contributed by atoms with van der Waals surface area (Å²) in [4.78, 5) is 0. The lowest BCUT2D eigenvalue weighted by molar-refractivity contribution is 0.185. The maximum absolute atomic E-state index is 5.13. The van der Waals surface area contributed by atoms with E-state index in [1.807, 2.05) is 18.2 Å². The molecule has 0 aliphatic rings. The summed E-state index contributed by atoms with van der Waals surface area (Å²) in [6.07, 6.45) is 0. The van der Waals surface area contributed by atoms with Crippen LogP contribution in [0.4, 0.5) is 5.69 Å². The van der Waals surface area contributed by atoms with Gasteiger partial charge in [0.2, 0.25) is 0 Å². The van der Waals surface area contributed by atoms with Crippen molar-refractivity contribution in [1.82, 2.24) is 0 Å². The second kappa shape index (κ2) is 6.06. The highest BCUT2D eigenvalue weighted by Gasteiger charge is 1.96. The van der Waals surface area contributed by atoms with Gasteiger partial charge in [0.05, 0.1) is 6.61 Å². The minimum atomic E-state index is 0.666. The zero-order valence-electron chi connectivity index (χ0n) is 10.0. The zero-order chi connectivity index (χ0) is 11.9. The lowest BCUT2D eigenvalue weighted by atomic mass is 10.1. The van der Waals surface area contributed by atoms with Gasteiger partial charge in [-0.2, -0.15) is 0 Å². The van der Waals surface area contributed by atoms with E-state index in [4.69, 9.17) is 4.74 Å². The van der Waals surface area contributed by atoms with Crippen LogP contribution < -0.4 is 5.32 Å². The molecule has 0 unspecified atom stereocenters. The monoisotopic (exact) mass is 227 g/mol. The Morgan fingerprint density at radius 1 is 0.941 bits per heavy atom. The van der Waals surface area contributed by atoms with Crippen LogP contribution in [-0.2, 0) is 17.9 Å².